The van der Waals surface area contributed by atoms with Crippen molar-refractivity contribution in [3.63, 3.8) is 0 Å². The van der Waals surface area contributed by atoms with E-state index in [0.717, 1.165) is 25.8 Å². The lowest BCUT2D eigenvalue weighted by Crippen LogP contribution is -2.31. The van der Waals surface area contributed by atoms with Gasteiger partial charge in [0.05, 0.1) is 19.3 Å². The monoisotopic (exact) mass is 219 g/mol. The molecular weight excluding hydrogens is 202 g/mol. The van der Waals surface area contributed by atoms with Crippen molar-refractivity contribution < 1.29 is 9.53 Å². The molecule has 3 nitrogen and oxygen atoms in total. The van der Waals surface area contributed by atoms with Crippen LogP contribution >= 0.6 is 0 Å². The van der Waals surface area contributed by atoms with Crippen molar-refractivity contribution in [1.29, 1.82) is 0 Å². The predicted octanol–water partition coefficient (Wildman–Crippen LogP) is 1.82. The van der Waals surface area contributed by atoms with E-state index in [1.807, 2.05) is 35.2 Å². The van der Waals surface area contributed by atoms with Gasteiger partial charge in [-0.2, -0.15) is 0 Å². The predicted molar refractivity (Wildman–Crippen MR) is 61.9 cm³/mol. The first kappa shape index (κ1) is 11.1. The molecule has 1 atom stereocenters. The number of carbonyl (C=O) groups is 1. The molecular formula is C13H17NO2. The van der Waals surface area contributed by atoms with Crippen LogP contribution in [0.2, 0.25) is 0 Å². The minimum absolute atomic E-state index is 0.279. The number of carbonyl (C=O) groups excluding carboxylic acids is 1. The summed E-state index contributed by atoms with van der Waals surface area (Å²) in [5.41, 5.74) is 1.18. The Balaban J connectivity index is 1.74. The van der Waals surface area contributed by atoms with Crippen molar-refractivity contribution in [2.24, 2.45) is 0 Å². The summed E-state index contributed by atoms with van der Waals surface area (Å²) >= 11 is 0. The van der Waals surface area contributed by atoms with E-state index in [1.165, 1.54) is 5.56 Å². The summed E-state index contributed by atoms with van der Waals surface area (Å²) in [6.07, 6.45) is 3.09. The molecule has 1 heterocycles. The van der Waals surface area contributed by atoms with Crippen LogP contribution in [0.15, 0.2) is 30.3 Å². The summed E-state index contributed by atoms with van der Waals surface area (Å²) in [7, 11) is 0. The van der Waals surface area contributed by atoms with Crippen LogP contribution in [0.5, 0.6) is 0 Å². The second-order valence-electron chi connectivity index (χ2n) is 4.14. The Labute approximate surface area is 96.0 Å². The molecule has 1 fully saturated rings. The van der Waals surface area contributed by atoms with E-state index in [0.29, 0.717) is 13.2 Å². The van der Waals surface area contributed by atoms with E-state index in [4.69, 9.17) is 4.74 Å². The quantitative estimate of drug-likeness (QED) is 0.707. The van der Waals surface area contributed by atoms with E-state index >= 15 is 0 Å². The SMILES string of the molecule is O=CN1CCCC1COCc1ccccc1. The summed E-state index contributed by atoms with van der Waals surface area (Å²) in [5.74, 6) is 0. The van der Waals surface area contributed by atoms with Gasteiger partial charge in [0.25, 0.3) is 0 Å². The molecule has 1 aromatic carbocycles. The Morgan fingerprint density at radius 1 is 1.38 bits per heavy atom. The van der Waals surface area contributed by atoms with E-state index in [1.54, 1.807) is 0 Å². The zero-order valence-electron chi connectivity index (χ0n) is 9.34. The Morgan fingerprint density at radius 3 is 2.94 bits per heavy atom. The van der Waals surface area contributed by atoms with Crippen LogP contribution in [0.25, 0.3) is 0 Å². The summed E-state index contributed by atoms with van der Waals surface area (Å²) < 4.78 is 5.64. The van der Waals surface area contributed by atoms with Gasteiger partial charge in [-0.05, 0) is 18.4 Å². The first-order chi connectivity index (χ1) is 7.90. The summed E-state index contributed by atoms with van der Waals surface area (Å²) in [4.78, 5) is 12.6. The van der Waals surface area contributed by atoms with Gasteiger partial charge in [0, 0.05) is 6.54 Å². The smallest absolute Gasteiger partial charge is 0.210 e. The highest BCUT2D eigenvalue weighted by Gasteiger charge is 2.22. The Kier molecular flexibility index (Phi) is 3.94. The Hall–Kier alpha value is -1.35. The van der Waals surface area contributed by atoms with Gasteiger partial charge in [-0.1, -0.05) is 30.3 Å². The number of ether oxygens (including phenoxy) is 1. The number of benzene rings is 1. The fourth-order valence-corrected chi connectivity index (χ4v) is 2.06. The number of hydrogen-bond acceptors (Lipinski definition) is 2. The molecule has 0 radical (unpaired) electrons. The van der Waals surface area contributed by atoms with E-state index in [2.05, 4.69) is 0 Å². The summed E-state index contributed by atoms with van der Waals surface area (Å²) in [6, 6.07) is 10.4. The van der Waals surface area contributed by atoms with Gasteiger partial charge < -0.3 is 9.64 Å². The molecule has 0 N–H and O–H groups in total. The summed E-state index contributed by atoms with van der Waals surface area (Å²) in [5, 5.41) is 0. The van der Waals surface area contributed by atoms with Crippen LogP contribution in [-0.2, 0) is 16.1 Å². The minimum Gasteiger partial charge on any atom is -0.375 e. The molecule has 0 aromatic heterocycles. The zero-order valence-corrected chi connectivity index (χ0v) is 9.34. The van der Waals surface area contributed by atoms with Crippen molar-refractivity contribution in [3.05, 3.63) is 35.9 Å². The van der Waals surface area contributed by atoms with Crippen LogP contribution < -0.4 is 0 Å². The minimum atomic E-state index is 0.279. The molecule has 0 bridgehead atoms. The third kappa shape index (κ3) is 2.83. The molecule has 2 rings (SSSR count). The summed E-state index contributed by atoms with van der Waals surface area (Å²) in [6.45, 7) is 2.15. The lowest BCUT2D eigenvalue weighted by atomic mass is 10.2. The van der Waals surface area contributed by atoms with Gasteiger partial charge in [0.15, 0.2) is 0 Å². The van der Waals surface area contributed by atoms with Gasteiger partial charge >= 0.3 is 0 Å². The van der Waals surface area contributed by atoms with Crippen molar-refractivity contribution in [2.45, 2.75) is 25.5 Å². The first-order valence-corrected chi connectivity index (χ1v) is 5.73. The Morgan fingerprint density at radius 2 is 2.19 bits per heavy atom. The molecule has 86 valence electrons. The van der Waals surface area contributed by atoms with Gasteiger partial charge in [-0.25, -0.2) is 0 Å². The van der Waals surface area contributed by atoms with Gasteiger partial charge in [0.2, 0.25) is 6.41 Å². The van der Waals surface area contributed by atoms with Crippen molar-refractivity contribution in [3.8, 4) is 0 Å². The fourth-order valence-electron chi connectivity index (χ4n) is 2.06. The van der Waals surface area contributed by atoms with Gasteiger partial charge in [0.1, 0.15) is 0 Å². The van der Waals surface area contributed by atoms with Crippen molar-refractivity contribution >= 4 is 6.41 Å². The zero-order chi connectivity index (χ0) is 11.2. The number of rotatable bonds is 5. The standard InChI is InChI=1S/C13H17NO2/c15-11-14-8-4-7-13(14)10-16-9-12-5-2-1-3-6-12/h1-3,5-6,11,13H,4,7-10H2. The molecule has 0 saturated carbocycles. The van der Waals surface area contributed by atoms with Crippen LogP contribution in [0.1, 0.15) is 18.4 Å². The van der Waals surface area contributed by atoms with Crippen LogP contribution in [0.4, 0.5) is 0 Å². The molecule has 1 aromatic rings. The molecule has 0 aliphatic carbocycles. The maximum Gasteiger partial charge on any atom is 0.210 e. The van der Waals surface area contributed by atoms with E-state index in [9.17, 15) is 4.79 Å². The Bertz CT molecular complexity index is 326. The average molecular weight is 219 g/mol. The molecule has 0 spiro atoms. The maximum atomic E-state index is 10.7. The third-order valence-corrected chi connectivity index (χ3v) is 2.98. The molecule has 1 aliphatic heterocycles. The van der Waals surface area contributed by atoms with Crippen LogP contribution in [-0.4, -0.2) is 30.5 Å². The second-order valence-corrected chi connectivity index (χ2v) is 4.14. The first-order valence-electron chi connectivity index (χ1n) is 5.73. The lowest BCUT2D eigenvalue weighted by Gasteiger charge is -2.19. The van der Waals surface area contributed by atoms with Gasteiger partial charge in [-0.3, -0.25) is 4.79 Å². The highest BCUT2D eigenvalue weighted by Crippen LogP contribution is 2.15. The normalized spacial score (nSPS) is 20.0. The molecule has 3 heteroatoms. The number of amides is 1. The molecule has 1 unspecified atom stereocenters. The number of likely N-dealkylation sites (tertiary alicyclic amines) is 1. The van der Waals surface area contributed by atoms with Crippen molar-refractivity contribution in [1.82, 2.24) is 4.90 Å². The topological polar surface area (TPSA) is 29.5 Å². The van der Waals surface area contributed by atoms with Crippen LogP contribution in [0, 0.1) is 0 Å². The maximum absolute atomic E-state index is 10.7. The van der Waals surface area contributed by atoms with Gasteiger partial charge in [-0.15, -0.1) is 0 Å². The highest BCUT2D eigenvalue weighted by molar-refractivity contribution is 5.48. The second kappa shape index (κ2) is 5.66. The largest absolute Gasteiger partial charge is 0.375 e. The van der Waals surface area contributed by atoms with E-state index < -0.39 is 0 Å². The molecule has 16 heavy (non-hydrogen) atoms. The number of nitrogens with zero attached hydrogens (tertiary/aromatic N) is 1. The molecule has 1 amide bonds. The molecule has 1 aliphatic rings. The molecule has 1 saturated heterocycles. The lowest BCUT2D eigenvalue weighted by molar-refractivity contribution is -0.119. The van der Waals surface area contributed by atoms with Crippen molar-refractivity contribution in [2.75, 3.05) is 13.2 Å². The van der Waals surface area contributed by atoms with Crippen LogP contribution in [0.3, 0.4) is 0 Å². The average Bonchev–Trinajstić information content (AvgIpc) is 2.78. The van der Waals surface area contributed by atoms with E-state index in [-0.39, 0.29) is 6.04 Å². The number of hydrogen-bond donors (Lipinski definition) is 0. The highest BCUT2D eigenvalue weighted by atomic mass is 16.5. The third-order valence-electron chi connectivity index (χ3n) is 2.98. The fraction of sp³-hybridized carbons (Fsp3) is 0.462.